The van der Waals surface area contributed by atoms with Crippen LogP contribution in [0.5, 0.6) is 0 Å². The number of hydrogen-bond donors (Lipinski definition) is 3. The average molecular weight is 457 g/mol. The molecule has 1 aliphatic heterocycles. The molecule has 170 valence electrons. The molecule has 4 rings (SSSR count). The Balaban J connectivity index is 1.85. The molecule has 0 saturated carbocycles. The number of sulfonamides is 1. The zero-order valence-electron chi connectivity index (χ0n) is 18.0. The second-order valence-corrected chi connectivity index (χ2v) is 9.31. The fourth-order valence-electron chi connectivity index (χ4n) is 3.84. The number of pyridine rings is 1. The van der Waals surface area contributed by atoms with Gasteiger partial charge in [0.05, 0.1) is 46.9 Å². The number of ether oxygens (including phenoxy) is 1. The second kappa shape index (κ2) is 9.19. The lowest BCUT2D eigenvalue weighted by molar-refractivity contribution is 0.0318. The topological polar surface area (TPSA) is 127 Å². The van der Waals surface area contributed by atoms with Gasteiger partial charge in [-0.05, 0) is 36.8 Å². The van der Waals surface area contributed by atoms with Crippen molar-refractivity contribution in [3.8, 4) is 0 Å². The van der Waals surface area contributed by atoms with E-state index in [-0.39, 0.29) is 4.90 Å². The Morgan fingerprint density at radius 2 is 1.84 bits per heavy atom. The van der Waals surface area contributed by atoms with Crippen molar-refractivity contribution in [2.75, 3.05) is 54.0 Å². The third kappa shape index (κ3) is 4.43. The number of anilines is 4. The number of fused-ring (bicyclic) bond motifs is 1. The minimum atomic E-state index is -3.86. The first-order valence-corrected chi connectivity index (χ1v) is 12.0. The van der Waals surface area contributed by atoms with Crippen LogP contribution in [-0.2, 0) is 14.8 Å². The van der Waals surface area contributed by atoms with Crippen LogP contribution in [-0.4, -0.2) is 51.3 Å². The van der Waals surface area contributed by atoms with E-state index in [9.17, 15) is 8.42 Å². The summed E-state index contributed by atoms with van der Waals surface area (Å²) in [5, 5.41) is 5.08. The van der Waals surface area contributed by atoms with E-state index >= 15 is 0 Å². The summed E-state index contributed by atoms with van der Waals surface area (Å²) in [5.41, 5.74) is 14.7. The number of rotatable bonds is 7. The number of nitrogens with zero attached hydrogens (tertiary/aromatic N) is 3. The molecule has 32 heavy (non-hydrogen) atoms. The van der Waals surface area contributed by atoms with Crippen molar-refractivity contribution in [3.63, 3.8) is 0 Å². The van der Waals surface area contributed by atoms with Crippen molar-refractivity contribution in [2.45, 2.75) is 18.2 Å². The first kappa shape index (κ1) is 22.1. The molecule has 1 saturated heterocycles. The number of nitrogen functional groups attached to an aromatic ring is 2. The highest BCUT2D eigenvalue weighted by Crippen LogP contribution is 2.37. The third-order valence-corrected chi connectivity index (χ3v) is 6.74. The number of hydrazine groups is 1. The minimum Gasteiger partial charge on any atom is -0.399 e. The molecule has 0 bridgehead atoms. The van der Waals surface area contributed by atoms with Crippen molar-refractivity contribution < 1.29 is 13.2 Å². The number of benzene rings is 2. The number of hydrogen-bond acceptors (Lipinski definition) is 8. The highest BCUT2D eigenvalue weighted by Gasteiger charge is 2.26. The molecule has 10 heteroatoms. The van der Waals surface area contributed by atoms with Crippen molar-refractivity contribution >= 4 is 43.7 Å². The van der Waals surface area contributed by atoms with Gasteiger partial charge in [-0.25, -0.2) is 13.4 Å². The van der Waals surface area contributed by atoms with Crippen LogP contribution < -0.4 is 21.2 Å². The van der Waals surface area contributed by atoms with Crippen LogP contribution in [0.1, 0.15) is 13.3 Å². The maximum Gasteiger partial charge on any atom is 0.262 e. The quantitative estimate of drug-likeness (QED) is 0.463. The SMILES string of the molecule is CCCN(c1c(NS(=O)(=O)c2ccc(N)cc2)cnc2c(N)cccc12)N1CCOCC1. The molecule has 0 unspecified atom stereocenters. The predicted octanol–water partition coefficient (Wildman–Crippen LogP) is 2.66. The van der Waals surface area contributed by atoms with Crippen LogP contribution in [0.2, 0.25) is 0 Å². The summed E-state index contributed by atoms with van der Waals surface area (Å²) in [6.45, 7) is 5.41. The van der Waals surface area contributed by atoms with Crippen LogP contribution in [0.4, 0.5) is 22.7 Å². The fourth-order valence-corrected chi connectivity index (χ4v) is 4.89. The number of para-hydroxylation sites is 1. The molecule has 1 aliphatic rings. The van der Waals surface area contributed by atoms with Gasteiger partial charge in [-0.2, -0.15) is 0 Å². The lowest BCUT2D eigenvalue weighted by Gasteiger charge is -2.40. The second-order valence-electron chi connectivity index (χ2n) is 7.63. The zero-order valence-corrected chi connectivity index (χ0v) is 18.8. The third-order valence-electron chi connectivity index (χ3n) is 5.36. The molecule has 2 heterocycles. The minimum absolute atomic E-state index is 0.124. The van der Waals surface area contributed by atoms with E-state index in [0.29, 0.717) is 55.4 Å². The summed E-state index contributed by atoms with van der Waals surface area (Å²) >= 11 is 0. The molecule has 9 nitrogen and oxygen atoms in total. The van der Waals surface area contributed by atoms with Crippen LogP contribution in [0.25, 0.3) is 10.9 Å². The maximum absolute atomic E-state index is 13.2. The Labute approximate surface area is 188 Å². The van der Waals surface area contributed by atoms with E-state index in [0.717, 1.165) is 17.5 Å². The largest absolute Gasteiger partial charge is 0.399 e. The molecule has 0 amide bonds. The van der Waals surface area contributed by atoms with Crippen LogP contribution in [0.3, 0.4) is 0 Å². The number of aromatic nitrogens is 1. The normalized spacial score (nSPS) is 15.0. The lowest BCUT2D eigenvalue weighted by atomic mass is 10.1. The Kier molecular flexibility index (Phi) is 6.35. The van der Waals surface area contributed by atoms with Gasteiger partial charge in [-0.3, -0.25) is 9.71 Å². The summed E-state index contributed by atoms with van der Waals surface area (Å²) < 4.78 is 34.6. The summed E-state index contributed by atoms with van der Waals surface area (Å²) in [7, 11) is -3.86. The Bertz CT molecular complexity index is 1190. The van der Waals surface area contributed by atoms with Gasteiger partial charge in [-0.1, -0.05) is 19.1 Å². The van der Waals surface area contributed by atoms with Crippen molar-refractivity contribution in [1.29, 1.82) is 0 Å². The van der Waals surface area contributed by atoms with Gasteiger partial charge in [0.25, 0.3) is 10.0 Å². The van der Waals surface area contributed by atoms with Gasteiger partial charge in [0, 0.05) is 30.7 Å². The molecular formula is C22H28N6O3S. The van der Waals surface area contributed by atoms with Gasteiger partial charge < -0.3 is 21.2 Å². The van der Waals surface area contributed by atoms with Gasteiger partial charge >= 0.3 is 0 Å². The van der Waals surface area contributed by atoms with Crippen molar-refractivity contribution in [3.05, 3.63) is 48.7 Å². The van der Waals surface area contributed by atoms with E-state index in [2.05, 4.69) is 26.6 Å². The van der Waals surface area contributed by atoms with Crippen LogP contribution in [0.15, 0.2) is 53.6 Å². The molecule has 3 aromatic rings. The van der Waals surface area contributed by atoms with E-state index in [4.69, 9.17) is 16.2 Å². The smallest absolute Gasteiger partial charge is 0.262 e. The molecule has 1 fully saturated rings. The molecule has 5 N–H and O–H groups in total. The molecule has 1 aromatic heterocycles. The maximum atomic E-state index is 13.2. The first-order valence-electron chi connectivity index (χ1n) is 10.6. The first-order chi connectivity index (χ1) is 15.4. The Morgan fingerprint density at radius 3 is 2.53 bits per heavy atom. The van der Waals surface area contributed by atoms with Gasteiger partial charge in [0.15, 0.2) is 0 Å². The monoisotopic (exact) mass is 456 g/mol. The molecule has 0 aliphatic carbocycles. The Hall–Kier alpha value is -3.08. The summed E-state index contributed by atoms with van der Waals surface area (Å²) in [4.78, 5) is 4.60. The summed E-state index contributed by atoms with van der Waals surface area (Å²) in [6, 6.07) is 11.6. The summed E-state index contributed by atoms with van der Waals surface area (Å²) in [6.07, 6.45) is 2.40. The molecule has 0 spiro atoms. The van der Waals surface area contributed by atoms with Gasteiger partial charge in [-0.15, -0.1) is 0 Å². The lowest BCUT2D eigenvalue weighted by Crippen LogP contribution is -2.49. The van der Waals surface area contributed by atoms with Gasteiger partial charge in [0.2, 0.25) is 0 Å². The highest BCUT2D eigenvalue weighted by molar-refractivity contribution is 7.92. The average Bonchev–Trinajstić information content (AvgIpc) is 2.79. The molecule has 0 radical (unpaired) electrons. The van der Waals surface area contributed by atoms with Crippen LogP contribution in [0, 0.1) is 0 Å². The Morgan fingerprint density at radius 1 is 1.12 bits per heavy atom. The van der Waals surface area contributed by atoms with Crippen molar-refractivity contribution in [1.82, 2.24) is 9.99 Å². The zero-order chi connectivity index (χ0) is 22.7. The van der Waals surface area contributed by atoms with E-state index in [1.165, 1.54) is 18.3 Å². The number of nitrogens with one attached hydrogen (secondary N) is 1. The van der Waals surface area contributed by atoms with Crippen LogP contribution >= 0.6 is 0 Å². The highest BCUT2D eigenvalue weighted by atomic mass is 32.2. The molecule has 0 atom stereocenters. The van der Waals surface area contributed by atoms with E-state index in [1.54, 1.807) is 18.2 Å². The van der Waals surface area contributed by atoms with E-state index in [1.807, 2.05) is 12.1 Å². The molecular weight excluding hydrogens is 428 g/mol. The number of nitrogens with two attached hydrogens (primary N) is 2. The summed E-state index contributed by atoms with van der Waals surface area (Å²) in [5.74, 6) is 0. The standard InChI is InChI=1S/C22H28N6O3S/c1-2-10-28(27-11-13-31-14-12-27)22-18-4-3-5-19(24)21(18)25-15-20(22)26-32(29,30)17-8-6-16(23)7-9-17/h3-9,15,26H,2,10-14,23-24H2,1H3. The molecule has 2 aromatic carbocycles. The van der Waals surface area contributed by atoms with Crippen molar-refractivity contribution in [2.24, 2.45) is 0 Å². The fraction of sp³-hybridized carbons (Fsp3) is 0.318. The number of morpholine rings is 1. The predicted molar refractivity (Wildman–Crippen MR) is 128 cm³/mol. The van der Waals surface area contributed by atoms with E-state index < -0.39 is 10.0 Å². The van der Waals surface area contributed by atoms with Gasteiger partial charge in [0.1, 0.15) is 0 Å².